The van der Waals surface area contributed by atoms with E-state index >= 15 is 0 Å². The number of nitrogens with zero attached hydrogens (tertiary/aromatic N) is 2. The molecule has 0 bridgehead atoms. The van der Waals surface area contributed by atoms with Gasteiger partial charge in [-0.05, 0) is 24.1 Å². The molecule has 0 atom stereocenters. The summed E-state index contributed by atoms with van der Waals surface area (Å²) >= 11 is 0. The summed E-state index contributed by atoms with van der Waals surface area (Å²) < 4.78 is 29.7. The van der Waals surface area contributed by atoms with Crippen molar-refractivity contribution in [2.75, 3.05) is 40.0 Å². The molecular weight excluding hydrogens is 328 g/mol. The first-order chi connectivity index (χ1) is 11.4. The maximum atomic E-state index is 11.5. The fourth-order valence-electron chi connectivity index (χ4n) is 2.21. The van der Waals surface area contributed by atoms with Gasteiger partial charge in [-0.2, -0.15) is 0 Å². The molecule has 0 unspecified atom stereocenters. The van der Waals surface area contributed by atoms with Crippen molar-refractivity contribution in [2.24, 2.45) is 4.99 Å². The van der Waals surface area contributed by atoms with Gasteiger partial charge < -0.3 is 15.4 Å². The number of aliphatic imine (C=N–C) groups is 1. The van der Waals surface area contributed by atoms with Gasteiger partial charge in [0.25, 0.3) is 0 Å². The number of hydrogen-bond donors (Lipinski definition) is 2. The van der Waals surface area contributed by atoms with E-state index in [1.54, 1.807) is 14.2 Å². The maximum absolute atomic E-state index is 11.5. The van der Waals surface area contributed by atoms with Crippen LogP contribution in [0.1, 0.15) is 18.9 Å². The highest BCUT2D eigenvalue weighted by molar-refractivity contribution is 7.88. The fourth-order valence-corrected chi connectivity index (χ4v) is 3.14. The Morgan fingerprint density at radius 3 is 2.67 bits per heavy atom. The van der Waals surface area contributed by atoms with Gasteiger partial charge in [0, 0.05) is 33.2 Å². The van der Waals surface area contributed by atoms with Crippen LogP contribution in [0.5, 0.6) is 5.75 Å². The second kappa shape index (κ2) is 10.1. The lowest BCUT2D eigenvalue weighted by Gasteiger charge is -2.18. The average molecular weight is 356 g/mol. The molecule has 0 amide bonds. The SMILES string of the molecule is CCN(CCCNC(=NC)NCc1cccc(OC)c1)S(C)(=O)=O. The standard InChI is InChI=1S/C16H28N4O3S/c1-5-20(24(4,21)22)11-7-10-18-16(17-2)19-13-14-8-6-9-15(12-14)23-3/h6,8-9,12H,5,7,10-11,13H2,1-4H3,(H2,17,18,19). The summed E-state index contributed by atoms with van der Waals surface area (Å²) in [7, 11) is 0.220. The molecule has 0 aliphatic rings. The molecule has 7 nitrogen and oxygen atoms in total. The van der Waals surface area contributed by atoms with Crippen molar-refractivity contribution in [3.05, 3.63) is 29.8 Å². The van der Waals surface area contributed by atoms with Crippen LogP contribution >= 0.6 is 0 Å². The minimum atomic E-state index is -3.13. The molecule has 0 spiro atoms. The lowest BCUT2D eigenvalue weighted by molar-refractivity contribution is 0.414. The van der Waals surface area contributed by atoms with E-state index in [1.807, 2.05) is 31.2 Å². The van der Waals surface area contributed by atoms with Crippen LogP contribution in [0.25, 0.3) is 0 Å². The highest BCUT2D eigenvalue weighted by Gasteiger charge is 2.13. The third-order valence-electron chi connectivity index (χ3n) is 3.52. The molecule has 0 heterocycles. The Balaban J connectivity index is 2.37. The molecule has 0 aromatic heterocycles. The summed E-state index contributed by atoms with van der Waals surface area (Å²) in [6, 6.07) is 7.81. The number of guanidine groups is 1. The largest absolute Gasteiger partial charge is 0.497 e. The first kappa shape index (κ1) is 20.2. The average Bonchev–Trinajstić information content (AvgIpc) is 2.56. The van der Waals surface area contributed by atoms with Crippen LogP contribution in [0.4, 0.5) is 0 Å². The zero-order chi connectivity index (χ0) is 18.0. The van der Waals surface area contributed by atoms with E-state index < -0.39 is 10.0 Å². The summed E-state index contributed by atoms with van der Waals surface area (Å²) in [5.41, 5.74) is 1.09. The smallest absolute Gasteiger partial charge is 0.211 e. The topological polar surface area (TPSA) is 83.0 Å². The van der Waals surface area contributed by atoms with E-state index in [1.165, 1.54) is 10.6 Å². The van der Waals surface area contributed by atoms with Crippen molar-refractivity contribution in [2.45, 2.75) is 19.9 Å². The molecule has 1 rings (SSSR count). The van der Waals surface area contributed by atoms with Crippen LogP contribution in [0.15, 0.2) is 29.3 Å². The van der Waals surface area contributed by atoms with E-state index in [9.17, 15) is 8.42 Å². The number of nitrogens with one attached hydrogen (secondary N) is 2. The van der Waals surface area contributed by atoms with Crippen LogP contribution in [0.2, 0.25) is 0 Å². The van der Waals surface area contributed by atoms with Crippen LogP contribution in [-0.4, -0.2) is 58.7 Å². The molecule has 8 heteroatoms. The van der Waals surface area contributed by atoms with E-state index in [4.69, 9.17) is 4.74 Å². The molecule has 0 saturated carbocycles. The second-order valence-electron chi connectivity index (χ2n) is 5.31. The summed E-state index contributed by atoms with van der Waals surface area (Å²) in [5, 5.41) is 6.41. The van der Waals surface area contributed by atoms with E-state index in [-0.39, 0.29) is 0 Å². The summed E-state index contributed by atoms with van der Waals surface area (Å²) in [6.45, 7) is 4.09. The number of sulfonamides is 1. The van der Waals surface area contributed by atoms with E-state index in [2.05, 4.69) is 15.6 Å². The molecule has 1 aromatic rings. The molecule has 136 valence electrons. The second-order valence-corrected chi connectivity index (χ2v) is 7.29. The zero-order valence-electron chi connectivity index (χ0n) is 14.9. The van der Waals surface area contributed by atoms with Crippen molar-refractivity contribution in [3.8, 4) is 5.75 Å². The highest BCUT2D eigenvalue weighted by atomic mass is 32.2. The number of hydrogen-bond acceptors (Lipinski definition) is 4. The lowest BCUT2D eigenvalue weighted by Crippen LogP contribution is -2.39. The fraction of sp³-hybridized carbons (Fsp3) is 0.562. The highest BCUT2D eigenvalue weighted by Crippen LogP contribution is 2.11. The van der Waals surface area contributed by atoms with Gasteiger partial charge in [0.1, 0.15) is 5.75 Å². The Hall–Kier alpha value is -1.80. The summed E-state index contributed by atoms with van der Waals surface area (Å²) in [4.78, 5) is 4.16. The Morgan fingerprint density at radius 1 is 1.33 bits per heavy atom. The van der Waals surface area contributed by atoms with Crippen LogP contribution in [0.3, 0.4) is 0 Å². The third-order valence-corrected chi connectivity index (χ3v) is 4.89. The molecular formula is C16H28N4O3S. The minimum Gasteiger partial charge on any atom is -0.497 e. The van der Waals surface area contributed by atoms with Crippen molar-refractivity contribution in [1.82, 2.24) is 14.9 Å². The van der Waals surface area contributed by atoms with Gasteiger partial charge in [0.2, 0.25) is 10.0 Å². The lowest BCUT2D eigenvalue weighted by atomic mass is 10.2. The van der Waals surface area contributed by atoms with Gasteiger partial charge >= 0.3 is 0 Å². The summed E-state index contributed by atoms with van der Waals surface area (Å²) in [6.07, 6.45) is 1.94. The van der Waals surface area contributed by atoms with Gasteiger partial charge in [0.05, 0.1) is 13.4 Å². The molecule has 0 radical (unpaired) electrons. The van der Waals surface area contributed by atoms with Crippen LogP contribution < -0.4 is 15.4 Å². The molecule has 1 aromatic carbocycles. The molecule has 0 saturated heterocycles. The van der Waals surface area contributed by atoms with Crippen LogP contribution in [-0.2, 0) is 16.6 Å². The Bertz CT molecular complexity index is 632. The van der Waals surface area contributed by atoms with E-state index in [0.717, 1.165) is 11.3 Å². The summed E-state index contributed by atoms with van der Waals surface area (Å²) in [5.74, 6) is 1.50. The third kappa shape index (κ3) is 7.18. The molecule has 0 fully saturated rings. The van der Waals surface area contributed by atoms with Gasteiger partial charge in [-0.1, -0.05) is 19.1 Å². The predicted molar refractivity (Wildman–Crippen MR) is 97.9 cm³/mol. The Labute approximate surface area is 145 Å². The van der Waals surface area contributed by atoms with Crippen molar-refractivity contribution < 1.29 is 13.2 Å². The monoisotopic (exact) mass is 356 g/mol. The number of rotatable bonds is 9. The Kier molecular flexibility index (Phi) is 8.56. The van der Waals surface area contributed by atoms with Gasteiger partial charge in [0.15, 0.2) is 5.96 Å². The van der Waals surface area contributed by atoms with Crippen LogP contribution in [0, 0.1) is 0 Å². The van der Waals surface area contributed by atoms with Gasteiger partial charge in [-0.3, -0.25) is 4.99 Å². The zero-order valence-corrected chi connectivity index (χ0v) is 15.7. The maximum Gasteiger partial charge on any atom is 0.211 e. The quantitative estimate of drug-likeness (QED) is 0.392. The molecule has 0 aliphatic heterocycles. The Morgan fingerprint density at radius 2 is 2.08 bits per heavy atom. The van der Waals surface area contributed by atoms with Gasteiger partial charge in [-0.25, -0.2) is 12.7 Å². The number of methoxy groups -OCH3 is 1. The number of ether oxygens (including phenoxy) is 1. The number of benzene rings is 1. The molecule has 24 heavy (non-hydrogen) atoms. The minimum absolute atomic E-state index is 0.488. The molecule has 2 N–H and O–H groups in total. The predicted octanol–water partition coefficient (Wildman–Crippen LogP) is 1.03. The molecule has 0 aliphatic carbocycles. The van der Waals surface area contributed by atoms with Gasteiger partial charge in [-0.15, -0.1) is 0 Å². The van der Waals surface area contributed by atoms with E-state index in [0.29, 0.717) is 38.6 Å². The first-order valence-electron chi connectivity index (χ1n) is 7.93. The van der Waals surface area contributed by atoms with Crippen molar-refractivity contribution in [1.29, 1.82) is 0 Å². The normalized spacial score (nSPS) is 12.3. The first-order valence-corrected chi connectivity index (χ1v) is 9.78. The van der Waals surface area contributed by atoms with Crippen molar-refractivity contribution in [3.63, 3.8) is 0 Å². The van der Waals surface area contributed by atoms with Crippen molar-refractivity contribution >= 4 is 16.0 Å².